The van der Waals surface area contributed by atoms with Gasteiger partial charge in [0, 0.05) is 5.56 Å². The number of benzene rings is 2. The summed E-state index contributed by atoms with van der Waals surface area (Å²) in [7, 11) is 0. The predicted molar refractivity (Wildman–Crippen MR) is 122 cm³/mol. The van der Waals surface area contributed by atoms with Crippen molar-refractivity contribution in [3.05, 3.63) is 82.1 Å². The number of amides is 1. The molecule has 0 atom stereocenters. The molecule has 0 aliphatic carbocycles. The van der Waals surface area contributed by atoms with Gasteiger partial charge in [0.2, 0.25) is 0 Å². The summed E-state index contributed by atoms with van der Waals surface area (Å²) in [4.78, 5) is 24.0. The SMILES string of the molecule is CC1=NN(c2ccc(C(=O)O)cc2)C(=O)/C1=C/c1ccc(-c2cc(C)c(C)cc2CO)o1. The highest BCUT2D eigenvalue weighted by Crippen LogP contribution is 2.31. The summed E-state index contributed by atoms with van der Waals surface area (Å²) in [5, 5.41) is 24.3. The van der Waals surface area contributed by atoms with Gasteiger partial charge in [-0.1, -0.05) is 6.07 Å². The second-order valence-electron chi connectivity index (χ2n) is 7.67. The van der Waals surface area contributed by atoms with Gasteiger partial charge in [-0.25, -0.2) is 4.79 Å². The first kappa shape index (κ1) is 21.3. The van der Waals surface area contributed by atoms with Crippen molar-refractivity contribution >= 4 is 29.4 Å². The number of carboxylic acid groups (broad SMARTS) is 1. The molecule has 0 fully saturated rings. The van der Waals surface area contributed by atoms with Crippen LogP contribution >= 0.6 is 0 Å². The predicted octanol–water partition coefficient (Wildman–Crippen LogP) is 4.56. The van der Waals surface area contributed by atoms with E-state index in [9.17, 15) is 14.7 Å². The molecule has 0 unspecified atom stereocenters. The third-order valence-corrected chi connectivity index (χ3v) is 5.49. The number of hydrogen-bond donors (Lipinski definition) is 2. The van der Waals surface area contributed by atoms with Crippen molar-refractivity contribution in [2.75, 3.05) is 5.01 Å². The van der Waals surface area contributed by atoms with Gasteiger partial charge in [-0.2, -0.15) is 10.1 Å². The van der Waals surface area contributed by atoms with Crippen LogP contribution < -0.4 is 5.01 Å². The summed E-state index contributed by atoms with van der Waals surface area (Å²) in [5.41, 5.74) is 5.28. The van der Waals surface area contributed by atoms with Gasteiger partial charge in [-0.05, 0) is 86.0 Å². The van der Waals surface area contributed by atoms with Gasteiger partial charge >= 0.3 is 5.97 Å². The second-order valence-corrected chi connectivity index (χ2v) is 7.67. The van der Waals surface area contributed by atoms with Crippen molar-refractivity contribution in [1.82, 2.24) is 0 Å². The van der Waals surface area contributed by atoms with Crippen LogP contribution in [0.4, 0.5) is 5.69 Å². The fraction of sp³-hybridized carbons (Fsp3) is 0.160. The molecule has 4 rings (SSSR count). The zero-order valence-corrected chi connectivity index (χ0v) is 17.9. The highest BCUT2D eigenvalue weighted by atomic mass is 16.4. The van der Waals surface area contributed by atoms with Gasteiger partial charge in [-0.15, -0.1) is 0 Å². The van der Waals surface area contributed by atoms with Crippen molar-refractivity contribution in [1.29, 1.82) is 0 Å². The number of furan rings is 1. The molecule has 0 radical (unpaired) electrons. The van der Waals surface area contributed by atoms with Gasteiger partial charge in [0.15, 0.2) is 0 Å². The number of aromatic carboxylic acids is 1. The molecule has 0 saturated heterocycles. The lowest BCUT2D eigenvalue weighted by molar-refractivity contribution is -0.114. The molecule has 3 aromatic rings. The molecule has 1 aromatic heterocycles. The summed E-state index contributed by atoms with van der Waals surface area (Å²) in [6.07, 6.45) is 1.63. The molecule has 2 N–H and O–H groups in total. The number of aliphatic hydroxyl groups is 1. The standard InChI is InChI=1S/C25H22N2O5/c1-14-10-18(13-28)22(11-15(14)2)23-9-8-20(32-23)12-21-16(3)26-27(24(21)29)19-6-4-17(5-7-19)25(30)31/h4-12,28H,13H2,1-3H3,(H,30,31)/b21-12+. The summed E-state index contributed by atoms with van der Waals surface area (Å²) in [6, 6.07) is 13.4. The first-order chi connectivity index (χ1) is 15.3. The first-order valence-corrected chi connectivity index (χ1v) is 10.0. The second kappa shape index (κ2) is 8.28. The van der Waals surface area contributed by atoms with Crippen molar-refractivity contribution in [3.63, 3.8) is 0 Å². The lowest BCUT2D eigenvalue weighted by Gasteiger charge is -2.11. The van der Waals surface area contributed by atoms with E-state index in [0.717, 1.165) is 22.3 Å². The number of hydrazone groups is 1. The fourth-order valence-corrected chi connectivity index (χ4v) is 3.56. The maximum Gasteiger partial charge on any atom is 0.335 e. The number of carboxylic acids is 1. The third-order valence-electron chi connectivity index (χ3n) is 5.49. The summed E-state index contributed by atoms with van der Waals surface area (Å²) in [5.74, 6) is -0.273. The van der Waals surface area contributed by atoms with Crippen LogP contribution in [0.2, 0.25) is 0 Å². The lowest BCUT2D eigenvalue weighted by atomic mass is 9.99. The quantitative estimate of drug-likeness (QED) is 0.578. The number of aliphatic hydroxyl groups excluding tert-OH is 1. The van der Waals surface area contributed by atoms with Crippen LogP contribution in [0.1, 0.15) is 39.7 Å². The Morgan fingerprint density at radius 2 is 1.75 bits per heavy atom. The van der Waals surface area contributed by atoms with E-state index in [1.165, 1.54) is 17.1 Å². The molecule has 1 aliphatic rings. The molecule has 1 amide bonds. The minimum absolute atomic E-state index is 0.104. The van der Waals surface area contributed by atoms with Crippen LogP contribution in [0.15, 0.2) is 63.6 Å². The van der Waals surface area contributed by atoms with Crippen molar-refractivity contribution in [2.45, 2.75) is 27.4 Å². The van der Waals surface area contributed by atoms with Crippen LogP contribution in [-0.4, -0.2) is 27.8 Å². The van der Waals surface area contributed by atoms with Crippen molar-refractivity contribution in [3.8, 4) is 11.3 Å². The van der Waals surface area contributed by atoms with Crippen LogP contribution in [-0.2, 0) is 11.4 Å². The maximum atomic E-state index is 13.0. The van der Waals surface area contributed by atoms with Crippen LogP contribution in [0.3, 0.4) is 0 Å². The minimum atomic E-state index is -1.04. The van der Waals surface area contributed by atoms with Gasteiger partial charge in [-0.3, -0.25) is 4.79 Å². The monoisotopic (exact) mass is 430 g/mol. The fourth-order valence-electron chi connectivity index (χ4n) is 3.56. The topological polar surface area (TPSA) is 103 Å². The maximum absolute atomic E-state index is 13.0. The number of aryl methyl sites for hydroxylation is 2. The molecule has 0 saturated carbocycles. The molecule has 162 valence electrons. The van der Waals surface area contributed by atoms with E-state index in [1.54, 1.807) is 31.2 Å². The average Bonchev–Trinajstić information content (AvgIpc) is 3.35. The average molecular weight is 430 g/mol. The minimum Gasteiger partial charge on any atom is -0.478 e. The highest BCUT2D eigenvalue weighted by molar-refractivity contribution is 6.32. The Bertz CT molecular complexity index is 1280. The number of rotatable bonds is 5. The summed E-state index contributed by atoms with van der Waals surface area (Å²) in [6.45, 7) is 5.62. The molecule has 2 aromatic carbocycles. The smallest absolute Gasteiger partial charge is 0.335 e. The molecule has 1 aliphatic heterocycles. The van der Waals surface area contributed by atoms with E-state index in [-0.39, 0.29) is 18.1 Å². The molecule has 32 heavy (non-hydrogen) atoms. The zero-order chi connectivity index (χ0) is 23.0. The zero-order valence-electron chi connectivity index (χ0n) is 17.9. The Kier molecular flexibility index (Phi) is 5.50. The van der Waals surface area contributed by atoms with E-state index in [1.807, 2.05) is 32.0 Å². The molecule has 2 heterocycles. The number of carbonyl (C=O) groups excluding carboxylic acids is 1. The Morgan fingerprint density at radius 3 is 2.41 bits per heavy atom. The lowest BCUT2D eigenvalue weighted by Crippen LogP contribution is -2.21. The first-order valence-electron chi connectivity index (χ1n) is 10.0. The van der Waals surface area contributed by atoms with Gasteiger partial charge in [0.05, 0.1) is 29.1 Å². The Morgan fingerprint density at radius 1 is 1.06 bits per heavy atom. The van der Waals surface area contributed by atoms with Crippen LogP contribution in [0, 0.1) is 13.8 Å². The molecular formula is C25H22N2O5. The Labute approximate surface area is 184 Å². The third kappa shape index (κ3) is 3.86. The number of anilines is 1. The Balaban J connectivity index is 1.63. The van der Waals surface area contributed by atoms with E-state index in [2.05, 4.69) is 5.10 Å². The normalized spacial score (nSPS) is 14.9. The van der Waals surface area contributed by atoms with E-state index >= 15 is 0 Å². The van der Waals surface area contributed by atoms with Crippen molar-refractivity contribution in [2.24, 2.45) is 5.10 Å². The summed E-state index contributed by atoms with van der Waals surface area (Å²) < 4.78 is 5.97. The molecule has 0 bridgehead atoms. The Hall–Kier alpha value is -3.97. The van der Waals surface area contributed by atoms with Crippen molar-refractivity contribution < 1.29 is 24.2 Å². The molecule has 0 spiro atoms. The number of nitrogens with zero attached hydrogens (tertiary/aromatic N) is 2. The number of carbonyl (C=O) groups is 2. The van der Waals surface area contributed by atoms with Crippen LogP contribution in [0.25, 0.3) is 17.4 Å². The van der Waals surface area contributed by atoms with Crippen LogP contribution in [0.5, 0.6) is 0 Å². The molecular weight excluding hydrogens is 408 g/mol. The largest absolute Gasteiger partial charge is 0.478 e. The highest BCUT2D eigenvalue weighted by Gasteiger charge is 2.29. The molecule has 7 nitrogen and oxygen atoms in total. The van der Waals surface area contributed by atoms with E-state index in [4.69, 9.17) is 9.52 Å². The van der Waals surface area contributed by atoms with Gasteiger partial charge in [0.25, 0.3) is 5.91 Å². The van der Waals surface area contributed by atoms with Gasteiger partial charge < -0.3 is 14.6 Å². The molecule has 7 heteroatoms. The summed E-state index contributed by atoms with van der Waals surface area (Å²) >= 11 is 0. The van der Waals surface area contributed by atoms with E-state index in [0.29, 0.717) is 28.5 Å². The van der Waals surface area contributed by atoms with Gasteiger partial charge in [0.1, 0.15) is 11.5 Å². The number of hydrogen-bond acceptors (Lipinski definition) is 5. The van der Waals surface area contributed by atoms with E-state index < -0.39 is 5.97 Å².